The van der Waals surface area contributed by atoms with Gasteiger partial charge in [-0.1, -0.05) is 59.7 Å². The summed E-state index contributed by atoms with van der Waals surface area (Å²) in [6, 6.07) is 15.0. The van der Waals surface area contributed by atoms with Crippen LogP contribution >= 0.6 is 0 Å². The molecule has 0 aliphatic heterocycles. The van der Waals surface area contributed by atoms with E-state index in [2.05, 4.69) is 74.8 Å². The molecule has 0 aliphatic rings. The zero-order valence-corrected chi connectivity index (χ0v) is 16.7. The highest BCUT2D eigenvalue weighted by Crippen LogP contribution is 2.16. The van der Waals surface area contributed by atoms with Crippen molar-refractivity contribution in [2.45, 2.75) is 33.6 Å². The molecule has 0 saturated heterocycles. The number of nitrogens with zero attached hydrogens (tertiary/aromatic N) is 3. The van der Waals surface area contributed by atoms with Crippen LogP contribution in [0.5, 0.6) is 0 Å². The molecule has 0 radical (unpaired) electrons. The Balaban J connectivity index is 1.89. The molecule has 0 bridgehead atoms. The Kier molecular flexibility index (Phi) is 5.70. The van der Waals surface area contributed by atoms with Gasteiger partial charge >= 0.3 is 0 Å². The topological polar surface area (TPSA) is 30.2 Å². The molecule has 138 valence electrons. The summed E-state index contributed by atoms with van der Waals surface area (Å²) < 4.78 is 2.01. The Morgan fingerprint density at radius 3 is 2.48 bits per heavy atom. The fraction of sp³-hybridized carbons (Fsp3) is 0.250. The van der Waals surface area contributed by atoms with Crippen molar-refractivity contribution >= 4 is 0 Å². The van der Waals surface area contributed by atoms with E-state index in [1.807, 2.05) is 24.0 Å². The lowest BCUT2D eigenvalue weighted by atomic mass is 10.0. The van der Waals surface area contributed by atoms with Crippen molar-refractivity contribution in [2.75, 3.05) is 0 Å². The van der Waals surface area contributed by atoms with Crippen LogP contribution in [-0.4, -0.2) is 9.55 Å². The summed E-state index contributed by atoms with van der Waals surface area (Å²) in [6.07, 6.45) is 5.50. The minimum atomic E-state index is 0.824. The summed E-state index contributed by atoms with van der Waals surface area (Å²) in [5, 5.41) is 0. The van der Waals surface area contributed by atoms with Crippen LogP contribution in [0.2, 0.25) is 0 Å². The van der Waals surface area contributed by atoms with Crippen molar-refractivity contribution in [3.63, 3.8) is 0 Å². The first-order valence-electron chi connectivity index (χ1n) is 9.31. The van der Waals surface area contributed by atoms with Crippen LogP contribution < -0.4 is 5.49 Å². The highest BCUT2D eigenvalue weighted by molar-refractivity contribution is 5.58. The zero-order valence-electron chi connectivity index (χ0n) is 16.7. The Bertz CT molecular complexity index is 1020. The van der Waals surface area contributed by atoms with Crippen LogP contribution in [0.3, 0.4) is 0 Å². The van der Waals surface area contributed by atoms with Crippen LogP contribution in [0.15, 0.2) is 72.1 Å². The van der Waals surface area contributed by atoms with Crippen LogP contribution in [0.25, 0.3) is 11.3 Å². The first-order chi connectivity index (χ1) is 12.9. The lowest BCUT2D eigenvalue weighted by Crippen LogP contribution is -2.21. The monoisotopic (exact) mass is 357 g/mol. The first-order valence-corrected chi connectivity index (χ1v) is 9.31. The summed E-state index contributed by atoms with van der Waals surface area (Å²) in [6.45, 7) is 10.6. The molecule has 3 heteroatoms. The maximum atomic E-state index is 4.83. The molecule has 0 saturated carbocycles. The zero-order chi connectivity index (χ0) is 19.4. The van der Waals surface area contributed by atoms with E-state index >= 15 is 0 Å². The average Bonchev–Trinajstić information content (AvgIpc) is 2.61. The van der Waals surface area contributed by atoms with Gasteiger partial charge in [0.2, 0.25) is 0 Å². The van der Waals surface area contributed by atoms with E-state index in [0.29, 0.717) is 0 Å². The van der Waals surface area contributed by atoms with Crippen LogP contribution in [0, 0.1) is 20.8 Å². The molecular weight excluding hydrogens is 330 g/mol. The fourth-order valence-corrected chi connectivity index (χ4v) is 3.34. The van der Waals surface area contributed by atoms with Crippen LogP contribution in [0.1, 0.15) is 28.7 Å². The Hall–Kier alpha value is -2.94. The normalized spacial score (nSPS) is 11.6. The molecule has 0 amide bonds. The molecule has 3 nitrogen and oxygen atoms in total. The van der Waals surface area contributed by atoms with E-state index in [0.717, 1.165) is 35.3 Å². The van der Waals surface area contributed by atoms with Gasteiger partial charge < -0.3 is 4.57 Å². The number of hydrogen-bond donors (Lipinski definition) is 0. The average molecular weight is 358 g/mol. The maximum absolute atomic E-state index is 4.83. The maximum Gasteiger partial charge on any atom is 0.159 e. The number of aryl methyl sites for hydroxylation is 5. The van der Waals surface area contributed by atoms with Crippen LogP contribution in [0.4, 0.5) is 0 Å². The first kappa shape index (κ1) is 18.8. The third-order valence-corrected chi connectivity index (χ3v) is 4.58. The van der Waals surface area contributed by atoms with Gasteiger partial charge in [-0.3, -0.25) is 4.98 Å². The molecule has 1 aromatic heterocycles. The molecule has 0 aliphatic carbocycles. The van der Waals surface area contributed by atoms with Crippen LogP contribution in [-0.2, 0) is 13.5 Å². The predicted molar refractivity (Wildman–Crippen MR) is 112 cm³/mol. The fourth-order valence-electron chi connectivity index (χ4n) is 3.34. The van der Waals surface area contributed by atoms with Gasteiger partial charge in [-0.25, -0.2) is 4.99 Å². The molecule has 3 rings (SSSR count). The molecule has 0 spiro atoms. The third-order valence-electron chi connectivity index (χ3n) is 4.58. The predicted octanol–water partition coefficient (Wildman–Crippen LogP) is 5.06. The highest BCUT2D eigenvalue weighted by Gasteiger charge is 2.06. The molecule has 27 heavy (non-hydrogen) atoms. The van der Waals surface area contributed by atoms with Crippen molar-refractivity contribution in [1.82, 2.24) is 9.55 Å². The summed E-state index contributed by atoms with van der Waals surface area (Å²) in [4.78, 5) is 9.42. The molecule has 0 unspecified atom stereocenters. The molecule has 1 heterocycles. The second-order valence-electron chi connectivity index (χ2n) is 7.25. The SMILES string of the molecule is C=C(CCc1cc(C)cc(C)c1)N=c1c(-c2cccc(C)c2)nccn1C. The number of hydrogen-bond acceptors (Lipinski definition) is 2. The number of aromatic nitrogens is 2. The number of rotatable bonds is 5. The summed E-state index contributed by atoms with van der Waals surface area (Å²) >= 11 is 0. The summed E-state index contributed by atoms with van der Waals surface area (Å²) in [7, 11) is 2.00. The minimum absolute atomic E-state index is 0.824. The second kappa shape index (κ2) is 8.17. The van der Waals surface area contributed by atoms with E-state index in [-0.39, 0.29) is 0 Å². The largest absolute Gasteiger partial charge is 0.333 e. The van der Waals surface area contributed by atoms with Crippen molar-refractivity contribution in [3.05, 3.63) is 94.9 Å². The highest BCUT2D eigenvalue weighted by atomic mass is 15.0. The second-order valence-corrected chi connectivity index (χ2v) is 7.25. The van der Waals surface area contributed by atoms with Gasteiger partial charge in [0.15, 0.2) is 5.49 Å². The molecular formula is C24H27N3. The lowest BCUT2D eigenvalue weighted by Gasteiger charge is -2.08. The summed E-state index contributed by atoms with van der Waals surface area (Å²) in [5.74, 6) is 0. The standard InChI is InChI=1S/C24H27N3/c1-17-7-6-8-22(16-17)23-24(27(5)12-11-25-23)26-20(4)9-10-21-14-18(2)13-19(3)15-21/h6-8,11-16H,4,9-10H2,1-3,5H3. The van der Waals surface area contributed by atoms with Gasteiger partial charge in [-0.2, -0.15) is 0 Å². The molecule has 3 aromatic rings. The number of benzene rings is 2. The Morgan fingerprint density at radius 1 is 1.04 bits per heavy atom. The quantitative estimate of drug-likeness (QED) is 0.628. The van der Waals surface area contributed by atoms with E-state index in [1.54, 1.807) is 0 Å². The van der Waals surface area contributed by atoms with E-state index in [9.17, 15) is 0 Å². The molecule has 0 atom stereocenters. The smallest absolute Gasteiger partial charge is 0.159 e. The van der Waals surface area contributed by atoms with Gasteiger partial charge in [0, 0.05) is 30.7 Å². The Morgan fingerprint density at radius 2 is 1.78 bits per heavy atom. The van der Waals surface area contributed by atoms with Gasteiger partial charge in [0.1, 0.15) is 5.69 Å². The molecule has 0 N–H and O–H groups in total. The van der Waals surface area contributed by atoms with Crippen molar-refractivity contribution in [2.24, 2.45) is 12.0 Å². The minimum Gasteiger partial charge on any atom is -0.333 e. The van der Waals surface area contributed by atoms with E-state index in [4.69, 9.17) is 4.99 Å². The van der Waals surface area contributed by atoms with Gasteiger partial charge in [0.05, 0.1) is 0 Å². The van der Waals surface area contributed by atoms with Gasteiger partial charge in [-0.15, -0.1) is 0 Å². The van der Waals surface area contributed by atoms with Crippen molar-refractivity contribution < 1.29 is 0 Å². The summed E-state index contributed by atoms with van der Waals surface area (Å²) in [5.41, 5.74) is 8.81. The van der Waals surface area contributed by atoms with E-state index in [1.165, 1.54) is 22.3 Å². The third kappa shape index (κ3) is 4.82. The number of allylic oxidation sites excluding steroid dienone is 1. The van der Waals surface area contributed by atoms with E-state index < -0.39 is 0 Å². The molecule has 2 aromatic carbocycles. The van der Waals surface area contributed by atoms with Crippen molar-refractivity contribution in [1.29, 1.82) is 0 Å². The molecule has 0 fully saturated rings. The van der Waals surface area contributed by atoms with Crippen molar-refractivity contribution in [3.8, 4) is 11.3 Å². The van der Waals surface area contributed by atoms with Gasteiger partial charge in [-0.05, 0) is 45.2 Å². The Labute approximate surface area is 161 Å². The lowest BCUT2D eigenvalue weighted by molar-refractivity contribution is 0.799. The van der Waals surface area contributed by atoms with Gasteiger partial charge in [0.25, 0.3) is 0 Å².